The smallest absolute Gasteiger partial charge is 0.276 e. The highest BCUT2D eigenvalue weighted by Gasteiger charge is 2.22. The molecule has 1 aliphatic heterocycles. The minimum Gasteiger partial charge on any atom is -0.378 e. The molecule has 4 aromatic heterocycles. The van der Waals surface area contributed by atoms with Gasteiger partial charge in [-0.25, -0.2) is 24.8 Å². The highest BCUT2D eigenvalue weighted by Crippen LogP contribution is 2.36. The van der Waals surface area contributed by atoms with E-state index >= 15 is 0 Å². The molecule has 3 N–H and O–H groups in total. The van der Waals surface area contributed by atoms with Crippen molar-refractivity contribution in [3.8, 4) is 11.4 Å². The number of morpholine rings is 1. The molecule has 11 nitrogen and oxygen atoms in total. The molecule has 0 aliphatic carbocycles. The Morgan fingerprint density at radius 2 is 2.08 bits per heavy atom. The van der Waals surface area contributed by atoms with Crippen LogP contribution in [-0.4, -0.2) is 69.6 Å². The summed E-state index contributed by atoms with van der Waals surface area (Å²) in [5, 5.41) is 16.5. The molecule has 1 aliphatic rings. The summed E-state index contributed by atoms with van der Waals surface area (Å²) in [4.78, 5) is 30.9. The molecule has 0 unspecified atom stereocenters. The number of ether oxygens (including phenoxy) is 1. The van der Waals surface area contributed by atoms with Crippen molar-refractivity contribution in [2.75, 3.05) is 43.2 Å². The highest BCUT2D eigenvalue weighted by molar-refractivity contribution is 7.19. The summed E-state index contributed by atoms with van der Waals surface area (Å²) in [7, 11) is 1.90. The number of hydrogen-bond donors (Lipinski definition) is 3. The number of amides is 1. The summed E-state index contributed by atoms with van der Waals surface area (Å²) >= 11 is 1.60. The van der Waals surface area contributed by atoms with Crippen molar-refractivity contribution in [3.63, 3.8) is 0 Å². The first-order valence-electron chi connectivity index (χ1n) is 11.9. The van der Waals surface area contributed by atoms with Crippen LogP contribution in [0.1, 0.15) is 15.2 Å². The van der Waals surface area contributed by atoms with Crippen LogP contribution in [0.5, 0.6) is 0 Å². The van der Waals surface area contributed by atoms with Crippen LogP contribution in [0.3, 0.4) is 0 Å². The van der Waals surface area contributed by atoms with Crippen molar-refractivity contribution >= 4 is 50.0 Å². The Morgan fingerprint density at radius 3 is 2.84 bits per heavy atom. The van der Waals surface area contributed by atoms with Gasteiger partial charge in [-0.05, 0) is 30.3 Å². The number of benzene rings is 1. The van der Waals surface area contributed by atoms with Crippen LogP contribution in [0.25, 0.3) is 32.5 Å². The molecule has 194 valence electrons. The number of H-pyrrole nitrogens is 1. The molecule has 0 radical (unpaired) electrons. The van der Waals surface area contributed by atoms with Crippen LogP contribution < -0.4 is 15.3 Å². The number of hydroxylamine groups is 1. The van der Waals surface area contributed by atoms with Crippen molar-refractivity contribution in [2.45, 2.75) is 6.54 Å². The van der Waals surface area contributed by atoms with Crippen LogP contribution in [0, 0.1) is 5.82 Å². The van der Waals surface area contributed by atoms with Gasteiger partial charge in [0.25, 0.3) is 5.91 Å². The SMILES string of the molecule is CN(Cc1cc2nc(-c3cc(F)cc4[nH]ncc34)nc(N3CCOCC3)c2s1)c1ccc(C(=O)NO)cn1. The molecule has 5 aromatic rings. The third kappa shape index (κ3) is 4.51. The Balaban J connectivity index is 1.39. The van der Waals surface area contributed by atoms with Crippen molar-refractivity contribution in [1.29, 1.82) is 0 Å². The van der Waals surface area contributed by atoms with Crippen LogP contribution in [0.2, 0.25) is 0 Å². The van der Waals surface area contributed by atoms with Crippen LogP contribution in [-0.2, 0) is 11.3 Å². The van der Waals surface area contributed by atoms with Gasteiger partial charge in [-0.15, -0.1) is 11.3 Å². The lowest BCUT2D eigenvalue weighted by Crippen LogP contribution is -2.36. The molecule has 1 saturated heterocycles. The molecule has 0 spiro atoms. The first kappa shape index (κ1) is 24.2. The molecule has 13 heteroatoms. The Bertz CT molecular complexity index is 1630. The van der Waals surface area contributed by atoms with Crippen molar-refractivity contribution < 1.29 is 19.1 Å². The Labute approximate surface area is 219 Å². The number of nitrogens with zero attached hydrogens (tertiary/aromatic N) is 6. The fraction of sp³-hybridized carbons (Fsp3) is 0.240. The molecule has 0 saturated carbocycles. The van der Waals surface area contributed by atoms with Crippen molar-refractivity contribution in [3.05, 3.63) is 59.0 Å². The second kappa shape index (κ2) is 9.93. The maximum Gasteiger partial charge on any atom is 0.276 e. The van der Waals surface area contributed by atoms with E-state index in [-0.39, 0.29) is 5.56 Å². The van der Waals surface area contributed by atoms with E-state index in [1.54, 1.807) is 35.1 Å². The van der Waals surface area contributed by atoms with E-state index in [4.69, 9.17) is 19.9 Å². The monoisotopic (exact) mass is 534 g/mol. The average Bonchev–Trinajstić information content (AvgIpc) is 3.58. The third-order valence-electron chi connectivity index (χ3n) is 6.38. The van der Waals surface area contributed by atoms with Crippen LogP contribution >= 0.6 is 11.3 Å². The number of aromatic nitrogens is 5. The number of pyridine rings is 1. The quantitative estimate of drug-likeness (QED) is 0.222. The summed E-state index contributed by atoms with van der Waals surface area (Å²) in [6.45, 7) is 3.14. The number of aromatic amines is 1. The number of halogens is 1. The van der Waals surface area contributed by atoms with Gasteiger partial charge in [0.1, 0.15) is 11.6 Å². The zero-order valence-electron chi connectivity index (χ0n) is 20.3. The number of carbonyl (C=O) groups excluding carboxylic acids is 1. The standard InChI is InChI=1S/C25H23FN8O3S/c1-33(21-3-2-14(11-27-21)25(35)32-36)13-16-10-20-22(38-16)24(34-4-6-37-7-5-34)30-23(29-20)17-8-15(26)9-19-18(17)12-28-31-19/h2-3,8-12,36H,4-7,13H2,1H3,(H,28,31)(H,32,35). The lowest BCUT2D eigenvalue weighted by Gasteiger charge is -2.28. The van der Waals surface area contributed by atoms with Gasteiger partial charge < -0.3 is 14.5 Å². The molecule has 5 heterocycles. The first-order chi connectivity index (χ1) is 18.5. The predicted molar refractivity (Wildman–Crippen MR) is 141 cm³/mol. The van der Waals surface area contributed by atoms with Crippen molar-refractivity contribution in [2.24, 2.45) is 0 Å². The molecule has 6 rings (SSSR count). The Morgan fingerprint density at radius 1 is 1.24 bits per heavy atom. The van der Waals surface area contributed by atoms with Crippen LogP contribution in [0.15, 0.2) is 42.7 Å². The average molecular weight is 535 g/mol. The fourth-order valence-electron chi connectivity index (χ4n) is 4.48. The third-order valence-corrected chi connectivity index (χ3v) is 7.48. The molecule has 0 bridgehead atoms. The highest BCUT2D eigenvalue weighted by atomic mass is 32.1. The Kier molecular flexibility index (Phi) is 6.31. The minimum absolute atomic E-state index is 0.258. The number of rotatable bonds is 6. The minimum atomic E-state index is -0.618. The second-order valence-electron chi connectivity index (χ2n) is 8.88. The normalized spacial score (nSPS) is 13.8. The second-order valence-corrected chi connectivity index (χ2v) is 10.0. The molecular weight excluding hydrogens is 511 g/mol. The fourth-order valence-corrected chi connectivity index (χ4v) is 5.64. The number of anilines is 2. The molecule has 1 fully saturated rings. The number of fused-ring (bicyclic) bond motifs is 2. The zero-order chi connectivity index (χ0) is 26.2. The summed E-state index contributed by atoms with van der Waals surface area (Å²) in [5.41, 5.74) is 3.79. The van der Waals surface area contributed by atoms with E-state index in [2.05, 4.69) is 20.1 Å². The summed E-state index contributed by atoms with van der Waals surface area (Å²) in [6, 6.07) is 8.18. The number of carbonyl (C=O) groups is 1. The van der Waals surface area contributed by atoms with E-state index in [9.17, 15) is 9.18 Å². The van der Waals surface area contributed by atoms with Gasteiger partial charge in [-0.2, -0.15) is 5.10 Å². The zero-order valence-corrected chi connectivity index (χ0v) is 21.1. The first-order valence-corrected chi connectivity index (χ1v) is 12.7. The van der Waals surface area contributed by atoms with Gasteiger partial charge in [-0.1, -0.05) is 0 Å². The summed E-state index contributed by atoms with van der Waals surface area (Å²) < 4.78 is 21.0. The van der Waals surface area contributed by atoms with E-state index in [0.717, 1.165) is 26.3 Å². The number of nitrogens with one attached hydrogen (secondary N) is 2. The van der Waals surface area contributed by atoms with E-state index < -0.39 is 11.7 Å². The Hall–Kier alpha value is -4.20. The lowest BCUT2D eigenvalue weighted by atomic mass is 10.1. The lowest BCUT2D eigenvalue weighted by molar-refractivity contribution is 0.0706. The number of thiophene rings is 1. The van der Waals surface area contributed by atoms with E-state index in [1.165, 1.54) is 18.3 Å². The maximum atomic E-state index is 14.5. The van der Waals surface area contributed by atoms with Gasteiger partial charge in [0.05, 0.1) is 47.3 Å². The predicted octanol–water partition coefficient (Wildman–Crippen LogP) is 3.36. The molecule has 0 atom stereocenters. The van der Waals surface area contributed by atoms with Gasteiger partial charge in [0, 0.05) is 42.2 Å². The van der Waals surface area contributed by atoms with Gasteiger partial charge in [0.15, 0.2) is 11.6 Å². The van der Waals surface area contributed by atoms with Crippen molar-refractivity contribution in [1.82, 2.24) is 30.6 Å². The van der Waals surface area contributed by atoms with Gasteiger partial charge in [0.2, 0.25) is 0 Å². The summed E-state index contributed by atoms with van der Waals surface area (Å²) in [6.07, 6.45) is 3.06. The van der Waals surface area contributed by atoms with E-state index in [0.29, 0.717) is 55.6 Å². The topological polar surface area (TPSA) is 132 Å². The largest absolute Gasteiger partial charge is 0.378 e. The van der Waals surface area contributed by atoms with Gasteiger partial charge >= 0.3 is 0 Å². The maximum absolute atomic E-state index is 14.5. The van der Waals surface area contributed by atoms with Gasteiger partial charge in [-0.3, -0.25) is 15.1 Å². The molecular formula is C25H23FN8O3S. The van der Waals surface area contributed by atoms with Crippen LogP contribution in [0.4, 0.5) is 16.0 Å². The molecule has 1 aromatic carbocycles. The number of hydrogen-bond acceptors (Lipinski definition) is 10. The molecule has 38 heavy (non-hydrogen) atoms. The summed E-state index contributed by atoms with van der Waals surface area (Å²) in [5.74, 6) is 0.884. The molecule has 1 amide bonds. The van der Waals surface area contributed by atoms with E-state index in [1.807, 2.05) is 18.0 Å².